The molecule has 3 atom stereocenters. The van der Waals surface area contributed by atoms with Gasteiger partial charge in [-0.1, -0.05) is 13.3 Å². The van der Waals surface area contributed by atoms with Crippen LogP contribution in [0.3, 0.4) is 0 Å². The summed E-state index contributed by atoms with van der Waals surface area (Å²) in [4.78, 5) is 12.0. The quantitative estimate of drug-likeness (QED) is 0.722. The summed E-state index contributed by atoms with van der Waals surface area (Å²) in [5.41, 5.74) is -0.796. The summed E-state index contributed by atoms with van der Waals surface area (Å²) in [6.07, 6.45) is 6.86. The lowest BCUT2D eigenvalue weighted by atomic mass is 9.62. The third kappa shape index (κ3) is 1.63. The van der Waals surface area contributed by atoms with Gasteiger partial charge in [-0.15, -0.1) is 0 Å². The predicted octanol–water partition coefficient (Wildman–Crippen LogP) is 2.69. The maximum absolute atomic E-state index is 12.0. The fraction of sp³-hybridized carbons (Fsp3) is 0.923. The van der Waals surface area contributed by atoms with E-state index in [-0.39, 0.29) is 11.3 Å². The molecule has 2 rings (SSSR count). The van der Waals surface area contributed by atoms with Crippen molar-refractivity contribution in [1.82, 2.24) is 0 Å². The molecule has 2 nitrogen and oxygen atoms in total. The molecule has 15 heavy (non-hydrogen) atoms. The second-order valence-corrected chi connectivity index (χ2v) is 5.81. The first-order chi connectivity index (χ1) is 6.97. The van der Waals surface area contributed by atoms with Crippen LogP contribution in [0.25, 0.3) is 0 Å². The lowest BCUT2D eigenvalue weighted by molar-refractivity contribution is -0.139. The van der Waals surface area contributed by atoms with Gasteiger partial charge in [-0.05, 0) is 39.0 Å². The summed E-state index contributed by atoms with van der Waals surface area (Å²) in [7, 11) is 0. The molecular weight excluding hydrogens is 188 g/mol. The molecular formula is C13H22O2. The second kappa shape index (κ2) is 3.58. The summed E-state index contributed by atoms with van der Waals surface area (Å²) >= 11 is 0. The summed E-state index contributed by atoms with van der Waals surface area (Å²) in [6, 6.07) is 0. The van der Waals surface area contributed by atoms with Crippen LogP contribution in [0.1, 0.15) is 58.8 Å². The highest BCUT2D eigenvalue weighted by Crippen LogP contribution is 2.53. The monoisotopic (exact) mass is 210 g/mol. The maximum Gasteiger partial charge on any atom is 0.136 e. The minimum absolute atomic E-state index is 0.115. The van der Waals surface area contributed by atoms with Gasteiger partial charge in [0.1, 0.15) is 5.78 Å². The van der Waals surface area contributed by atoms with Crippen LogP contribution in [-0.2, 0) is 4.79 Å². The predicted molar refractivity (Wildman–Crippen MR) is 59.5 cm³/mol. The second-order valence-electron chi connectivity index (χ2n) is 5.81. The van der Waals surface area contributed by atoms with Gasteiger partial charge in [-0.2, -0.15) is 0 Å². The topological polar surface area (TPSA) is 37.3 Å². The smallest absolute Gasteiger partial charge is 0.136 e. The molecule has 3 unspecified atom stereocenters. The molecule has 0 aliphatic heterocycles. The average molecular weight is 210 g/mol. The number of ketones is 1. The molecule has 1 N–H and O–H groups in total. The van der Waals surface area contributed by atoms with Gasteiger partial charge >= 0.3 is 0 Å². The third-order valence-corrected chi connectivity index (χ3v) is 4.91. The van der Waals surface area contributed by atoms with Crippen molar-refractivity contribution in [2.24, 2.45) is 11.3 Å². The summed E-state index contributed by atoms with van der Waals surface area (Å²) in [5.74, 6) is 0.509. The summed E-state index contributed by atoms with van der Waals surface area (Å²) in [6.45, 7) is 4.04. The first-order valence-electron chi connectivity index (χ1n) is 6.22. The van der Waals surface area contributed by atoms with Crippen LogP contribution in [0.2, 0.25) is 0 Å². The first-order valence-corrected chi connectivity index (χ1v) is 6.22. The number of carbonyl (C=O) groups excluding carboxylic acids is 1. The van der Waals surface area contributed by atoms with E-state index >= 15 is 0 Å². The molecule has 0 radical (unpaired) electrons. The number of rotatable bonds is 1. The number of hydrogen-bond donors (Lipinski definition) is 1. The molecule has 2 saturated carbocycles. The Labute approximate surface area is 92.1 Å². The van der Waals surface area contributed by atoms with Crippen molar-refractivity contribution >= 4 is 5.78 Å². The van der Waals surface area contributed by atoms with Crippen molar-refractivity contribution in [3.63, 3.8) is 0 Å². The SMILES string of the molecule is CC1(O)CCCC1(C)C1CCCCC1=O. The molecule has 0 spiro atoms. The molecule has 2 fully saturated rings. The van der Waals surface area contributed by atoms with E-state index in [1.807, 2.05) is 6.92 Å². The van der Waals surface area contributed by atoms with Gasteiger partial charge in [0.05, 0.1) is 5.60 Å². The molecule has 2 aliphatic rings. The van der Waals surface area contributed by atoms with Gasteiger partial charge in [-0.25, -0.2) is 0 Å². The Morgan fingerprint density at radius 2 is 1.93 bits per heavy atom. The summed E-state index contributed by atoms with van der Waals surface area (Å²) in [5, 5.41) is 10.4. The van der Waals surface area contributed by atoms with E-state index in [1.54, 1.807) is 0 Å². The van der Waals surface area contributed by atoms with Crippen LogP contribution >= 0.6 is 0 Å². The van der Waals surface area contributed by atoms with E-state index in [0.29, 0.717) is 5.78 Å². The molecule has 86 valence electrons. The van der Waals surface area contributed by atoms with Crippen molar-refractivity contribution in [3.05, 3.63) is 0 Å². The highest BCUT2D eigenvalue weighted by Gasteiger charge is 2.53. The summed E-state index contributed by atoms with van der Waals surface area (Å²) < 4.78 is 0. The number of hydrogen-bond acceptors (Lipinski definition) is 2. The average Bonchev–Trinajstić information content (AvgIpc) is 2.43. The molecule has 2 heteroatoms. The van der Waals surface area contributed by atoms with Crippen LogP contribution in [0.5, 0.6) is 0 Å². The van der Waals surface area contributed by atoms with Crippen molar-refractivity contribution < 1.29 is 9.90 Å². The van der Waals surface area contributed by atoms with Crippen LogP contribution in [0, 0.1) is 11.3 Å². The van der Waals surface area contributed by atoms with Crippen molar-refractivity contribution in [2.45, 2.75) is 64.4 Å². The Balaban J connectivity index is 2.24. The van der Waals surface area contributed by atoms with Gasteiger partial charge in [0.25, 0.3) is 0 Å². The minimum atomic E-state index is -0.634. The number of Topliss-reactive ketones (excluding diaryl/α,β-unsaturated/α-hetero) is 1. The highest BCUT2D eigenvalue weighted by atomic mass is 16.3. The van der Waals surface area contributed by atoms with E-state index < -0.39 is 5.60 Å². The van der Waals surface area contributed by atoms with E-state index in [4.69, 9.17) is 0 Å². The fourth-order valence-electron chi connectivity index (χ4n) is 3.56. The molecule has 0 saturated heterocycles. The number of aliphatic hydroxyl groups is 1. The zero-order valence-corrected chi connectivity index (χ0v) is 9.88. The zero-order chi connectivity index (χ0) is 11.1. The van der Waals surface area contributed by atoms with Crippen LogP contribution in [0.15, 0.2) is 0 Å². The van der Waals surface area contributed by atoms with Crippen molar-refractivity contribution in [1.29, 1.82) is 0 Å². The lowest BCUT2D eigenvalue weighted by Crippen LogP contribution is -2.48. The van der Waals surface area contributed by atoms with Gasteiger partial charge in [0, 0.05) is 17.8 Å². The van der Waals surface area contributed by atoms with E-state index in [1.165, 1.54) is 0 Å². The fourth-order valence-corrected chi connectivity index (χ4v) is 3.56. The van der Waals surface area contributed by atoms with Crippen LogP contribution in [-0.4, -0.2) is 16.5 Å². The molecule has 0 heterocycles. The molecule has 0 aromatic heterocycles. The third-order valence-electron chi connectivity index (χ3n) is 4.91. The first kappa shape index (κ1) is 11.1. The van der Waals surface area contributed by atoms with E-state index in [9.17, 15) is 9.90 Å². The van der Waals surface area contributed by atoms with Gasteiger partial charge in [0.2, 0.25) is 0 Å². The number of carbonyl (C=O) groups is 1. The standard InChI is InChI=1S/C13H22O2/c1-12(8-5-9-13(12,2)15)10-6-3-4-7-11(10)14/h10,15H,3-9H2,1-2H3. The zero-order valence-electron chi connectivity index (χ0n) is 9.88. The molecule has 0 bridgehead atoms. The Kier molecular flexibility index (Phi) is 2.66. The van der Waals surface area contributed by atoms with E-state index in [0.717, 1.165) is 44.9 Å². The minimum Gasteiger partial charge on any atom is -0.390 e. The van der Waals surface area contributed by atoms with Gasteiger partial charge in [-0.3, -0.25) is 4.79 Å². The van der Waals surface area contributed by atoms with Gasteiger partial charge in [0.15, 0.2) is 0 Å². The highest BCUT2D eigenvalue weighted by molar-refractivity contribution is 5.82. The Morgan fingerprint density at radius 1 is 1.20 bits per heavy atom. The normalized spacial score (nSPS) is 47.1. The molecule has 0 amide bonds. The maximum atomic E-state index is 12.0. The Morgan fingerprint density at radius 3 is 2.47 bits per heavy atom. The Bertz CT molecular complexity index is 270. The largest absolute Gasteiger partial charge is 0.390 e. The lowest BCUT2D eigenvalue weighted by Gasteiger charge is -2.44. The van der Waals surface area contributed by atoms with Crippen LogP contribution in [0.4, 0.5) is 0 Å². The van der Waals surface area contributed by atoms with Crippen LogP contribution < -0.4 is 0 Å². The molecule has 2 aliphatic carbocycles. The van der Waals surface area contributed by atoms with Crippen molar-refractivity contribution in [3.8, 4) is 0 Å². The molecule has 0 aromatic rings. The van der Waals surface area contributed by atoms with E-state index in [2.05, 4.69) is 6.92 Å². The van der Waals surface area contributed by atoms with Crippen molar-refractivity contribution in [2.75, 3.05) is 0 Å². The van der Waals surface area contributed by atoms with Gasteiger partial charge < -0.3 is 5.11 Å². The Hall–Kier alpha value is -0.370. The molecule has 0 aromatic carbocycles.